The lowest BCUT2D eigenvalue weighted by molar-refractivity contribution is -0.0813. The molecule has 2 rings (SSSR count). The minimum Gasteiger partial charge on any atom is -0.469 e. The molecule has 0 amide bonds. The average molecular weight is 210 g/mol. The zero-order chi connectivity index (χ0) is 9.97. The maximum atomic E-state index is 5.49. The molecule has 1 aliphatic rings. The quantitative estimate of drug-likeness (QED) is 0.736. The first-order valence-corrected chi connectivity index (χ1v) is 4.67. The Balaban J connectivity index is 2.09. The highest BCUT2D eigenvalue weighted by Gasteiger charge is 2.20. The minimum absolute atomic E-state index is 0.115. The molecule has 1 fully saturated rings. The second-order valence-corrected chi connectivity index (χ2v) is 3.46. The molecule has 0 atom stereocenters. The highest BCUT2D eigenvalue weighted by atomic mass is 32.1. The van der Waals surface area contributed by atoms with Gasteiger partial charge >= 0.3 is 0 Å². The van der Waals surface area contributed by atoms with Gasteiger partial charge in [0.1, 0.15) is 11.1 Å². The molecule has 0 radical (unpaired) electrons. The molecule has 1 aromatic rings. The van der Waals surface area contributed by atoms with Crippen LogP contribution in [0.2, 0.25) is 0 Å². The molecule has 1 saturated heterocycles. The van der Waals surface area contributed by atoms with Gasteiger partial charge in [-0.25, -0.2) is 4.98 Å². The van der Waals surface area contributed by atoms with E-state index in [2.05, 4.69) is 4.98 Å². The summed E-state index contributed by atoms with van der Waals surface area (Å²) in [5.74, 6) is 0.545. The molecular weight excluding hydrogens is 200 g/mol. The Hall–Kier alpha value is -1.20. The summed E-state index contributed by atoms with van der Waals surface area (Å²) in [6, 6.07) is 3.49. The molecule has 14 heavy (non-hydrogen) atoms. The van der Waals surface area contributed by atoms with Crippen LogP contribution in [0.1, 0.15) is 5.56 Å². The predicted octanol–water partition coefficient (Wildman–Crippen LogP) is 0.493. The van der Waals surface area contributed by atoms with Gasteiger partial charge in [-0.05, 0) is 6.07 Å². The summed E-state index contributed by atoms with van der Waals surface area (Å²) in [6.45, 7) is 1.25. The van der Waals surface area contributed by atoms with Crippen LogP contribution < -0.4 is 10.5 Å². The van der Waals surface area contributed by atoms with Gasteiger partial charge in [0.05, 0.1) is 13.2 Å². The molecule has 0 saturated carbocycles. The number of aromatic nitrogens is 1. The highest BCUT2D eigenvalue weighted by molar-refractivity contribution is 7.80. The van der Waals surface area contributed by atoms with Crippen molar-refractivity contribution in [2.45, 2.75) is 6.10 Å². The molecule has 74 valence electrons. The summed E-state index contributed by atoms with van der Waals surface area (Å²) in [6.07, 6.45) is 1.74. The van der Waals surface area contributed by atoms with Crippen LogP contribution in [0.25, 0.3) is 0 Å². The molecule has 0 spiro atoms. The third-order valence-electron chi connectivity index (χ3n) is 1.91. The van der Waals surface area contributed by atoms with E-state index in [1.54, 1.807) is 18.3 Å². The van der Waals surface area contributed by atoms with Crippen molar-refractivity contribution in [1.29, 1.82) is 0 Å². The number of hydrogen-bond donors (Lipinski definition) is 1. The molecule has 1 aromatic heterocycles. The first-order chi connectivity index (χ1) is 6.75. The molecule has 0 aliphatic carbocycles. The van der Waals surface area contributed by atoms with Crippen molar-refractivity contribution in [3.8, 4) is 5.88 Å². The van der Waals surface area contributed by atoms with Crippen molar-refractivity contribution in [3.63, 3.8) is 0 Å². The van der Waals surface area contributed by atoms with Crippen molar-refractivity contribution in [2.24, 2.45) is 5.73 Å². The van der Waals surface area contributed by atoms with Gasteiger partial charge < -0.3 is 15.2 Å². The number of rotatable bonds is 3. The molecule has 5 heteroatoms. The number of nitrogens with two attached hydrogens (primary N) is 1. The van der Waals surface area contributed by atoms with Crippen molar-refractivity contribution in [1.82, 2.24) is 4.98 Å². The van der Waals surface area contributed by atoms with Gasteiger partial charge in [-0.15, -0.1) is 0 Å². The van der Waals surface area contributed by atoms with E-state index in [-0.39, 0.29) is 6.10 Å². The number of thiocarbonyl (C=S) groups is 1. The van der Waals surface area contributed by atoms with E-state index in [1.165, 1.54) is 0 Å². The summed E-state index contributed by atoms with van der Waals surface area (Å²) in [7, 11) is 0. The number of ether oxygens (including phenoxy) is 2. The van der Waals surface area contributed by atoms with Crippen molar-refractivity contribution >= 4 is 17.2 Å². The van der Waals surface area contributed by atoms with Crippen LogP contribution in [-0.4, -0.2) is 29.3 Å². The SMILES string of the molecule is NC(=S)c1ccnc(OC2COC2)c1. The third kappa shape index (κ3) is 2.00. The zero-order valence-electron chi connectivity index (χ0n) is 7.47. The molecule has 0 aromatic carbocycles. The number of nitrogens with zero attached hydrogens (tertiary/aromatic N) is 1. The van der Waals surface area contributed by atoms with Gasteiger partial charge in [0.15, 0.2) is 0 Å². The first-order valence-electron chi connectivity index (χ1n) is 4.26. The Kier molecular flexibility index (Phi) is 2.60. The van der Waals surface area contributed by atoms with E-state index in [1.807, 2.05) is 0 Å². The van der Waals surface area contributed by atoms with Crippen LogP contribution in [0.3, 0.4) is 0 Å². The maximum absolute atomic E-state index is 5.49. The molecule has 0 bridgehead atoms. The Bertz CT molecular complexity index is 352. The largest absolute Gasteiger partial charge is 0.469 e. The lowest BCUT2D eigenvalue weighted by Crippen LogP contribution is -2.38. The fraction of sp³-hybridized carbons (Fsp3) is 0.333. The summed E-state index contributed by atoms with van der Waals surface area (Å²) < 4.78 is 10.5. The van der Waals surface area contributed by atoms with Gasteiger partial charge in [-0.2, -0.15) is 0 Å². The Morgan fingerprint density at radius 1 is 1.64 bits per heavy atom. The van der Waals surface area contributed by atoms with Crippen LogP contribution in [0, 0.1) is 0 Å². The second-order valence-electron chi connectivity index (χ2n) is 3.02. The molecule has 2 N–H and O–H groups in total. The second kappa shape index (κ2) is 3.89. The van der Waals surface area contributed by atoms with Gasteiger partial charge in [-0.3, -0.25) is 0 Å². The fourth-order valence-corrected chi connectivity index (χ4v) is 1.21. The maximum Gasteiger partial charge on any atom is 0.214 e. The van der Waals surface area contributed by atoms with E-state index < -0.39 is 0 Å². The monoisotopic (exact) mass is 210 g/mol. The lowest BCUT2D eigenvalue weighted by atomic mass is 10.2. The first kappa shape index (κ1) is 9.36. The number of pyridine rings is 1. The molecule has 1 aliphatic heterocycles. The normalized spacial score (nSPS) is 16.0. The number of hydrogen-bond acceptors (Lipinski definition) is 4. The van der Waals surface area contributed by atoms with Gasteiger partial charge in [0.25, 0.3) is 0 Å². The van der Waals surface area contributed by atoms with Crippen LogP contribution in [-0.2, 0) is 4.74 Å². The highest BCUT2D eigenvalue weighted by Crippen LogP contribution is 2.14. The van der Waals surface area contributed by atoms with E-state index in [9.17, 15) is 0 Å². The van der Waals surface area contributed by atoms with Crippen LogP contribution in [0.15, 0.2) is 18.3 Å². The van der Waals surface area contributed by atoms with E-state index >= 15 is 0 Å². The molecule has 4 nitrogen and oxygen atoms in total. The van der Waals surface area contributed by atoms with Crippen molar-refractivity contribution in [2.75, 3.05) is 13.2 Å². The summed E-state index contributed by atoms with van der Waals surface area (Å²) >= 11 is 4.85. The van der Waals surface area contributed by atoms with E-state index in [4.69, 9.17) is 27.4 Å². The molecular formula is C9H10N2O2S. The zero-order valence-corrected chi connectivity index (χ0v) is 8.29. The van der Waals surface area contributed by atoms with Crippen LogP contribution in [0.4, 0.5) is 0 Å². The minimum atomic E-state index is 0.115. The van der Waals surface area contributed by atoms with Crippen LogP contribution in [0.5, 0.6) is 5.88 Å². The summed E-state index contributed by atoms with van der Waals surface area (Å²) in [5, 5.41) is 0. The van der Waals surface area contributed by atoms with Gasteiger partial charge in [0.2, 0.25) is 5.88 Å². The van der Waals surface area contributed by atoms with E-state index in [0.717, 1.165) is 5.56 Å². The smallest absolute Gasteiger partial charge is 0.214 e. The summed E-state index contributed by atoms with van der Waals surface area (Å²) in [4.78, 5) is 4.40. The Labute approximate surface area is 87.0 Å². The average Bonchev–Trinajstić information content (AvgIpc) is 2.12. The Morgan fingerprint density at radius 3 is 3.00 bits per heavy atom. The van der Waals surface area contributed by atoms with Crippen molar-refractivity contribution < 1.29 is 9.47 Å². The van der Waals surface area contributed by atoms with Crippen LogP contribution >= 0.6 is 12.2 Å². The standard InChI is InChI=1S/C9H10N2O2S/c10-9(14)6-1-2-11-8(3-6)13-7-4-12-5-7/h1-3,7H,4-5H2,(H2,10,14). The third-order valence-corrected chi connectivity index (χ3v) is 2.15. The predicted molar refractivity (Wildman–Crippen MR) is 55.4 cm³/mol. The van der Waals surface area contributed by atoms with Gasteiger partial charge in [0, 0.05) is 17.8 Å². The Morgan fingerprint density at radius 2 is 2.43 bits per heavy atom. The molecule has 0 unspecified atom stereocenters. The lowest BCUT2D eigenvalue weighted by Gasteiger charge is -2.26. The summed E-state index contributed by atoms with van der Waals surface area (Å²) in [5.41, 5.74) is 6.25. The fourth-order valence-electron chi connectivity index (χ4n) is 1.08. The van der Waals surface area contributed by atoms with Crippen molar-refractivity contribution in [3.05, 3.63) is 23.9 Å². The van der Waals surface area contributed by atoms with Gasteiger partial charge in [-0.1, -0.05) is 12.2 Å². The molecule has 2 heterocycles. The topological polar surface area (TPSA) is 57.4 Å². The van der Waals surface area contributed by atoms with E-state index in [0.29, 0.717) is 24.1 Å².